The first-order chi connectivity index (χ1) is 18.1. The third-order valence-corrected chi connectivity index (χ3v) is 7.09. The van der Waals surface area contributed by atoms with E-state index in [-0.39, 0.29) is 6.04 Å². The molecule has 0 spiro atoms. The third kappa shape index (κ3) is 5.29. The van der Waals surface area contributed by atoms with Crippen LogP contribution >= 0.6 is 0 Å². The van der Waals surface area contributed by atoms with Gasteiger partial charge in [0.05, 0.1) is 26.8 Å². The smallest absolute Gasteiger partial charge is 0.173 e. The molecule has 1 aromatic heterocycles. The number of hydrogen-bond acceptors (Lipinski definition) is 7. The number of tetrazole rings is 1. The number of nitrogens with zero attached hydrogens (tertiary/aromatic N) is 6. The third-order valence-electron chi connectivity index (χ3n) is 7.09. The average Bonchev–Trinajstić information content (AvgIpc) is 3.38. The molecule has 1 atom stereocenters. The van der Waals surface area contributed by atoms with E-state index in [1.54, 1.807) is 14.2 Å². The highest BCUT2D eigenvalue weighted by Gasteiger charge is 2.31. The molecule has 3 aromatic carbocycles. The zero-order valence-corrected chi connectivity index (χ0v) is 22.0. The minimum absolute atomic E-state index is 0.126. The Kier molecular flexibility index (Phi) is 7.37. The van der Waals surface area contributed by atoms with E-state index in [2.05, 4.69) is 75.6 Å². The maximum absolute atomic E-state index is 5.65. The SMILES string of the molecule is COc1ccc([C@H](c2nnnn2Cc2ccccc2)N2CCN(c3cc(C)ccc3C)CC2)cc1OC. The number of anilines is 1. The molecular formula is C29H34N6O2. The molecule has 2 heterocycles. The molecule has 0 aliphatic carbocycles. The topological polar surface area (TPSA) is 68.5 Å². The highest BCUT2D eigenvalue weighted by atomic mass is 16.5. The van der Waals surface area contributed by atoms with Gasteiger partial charge in [-0.1, -0.05) is 48.5 Å². The molecule has 0 bridgehead atoms. The number of rotatable bonds is 8. The lowest BCUT2D eigenvalue weighted by molar-refractivity contribution is 0.201. The molecule has 0 N–H and O–H groups in total. The van der Waals surface area contributed by atoms with Gasteiger partial charge in [0, 0.05) is 31.9 Å². The number of methoxy groups -OCH3 is 2. The maximum Gasteiger partial charge on any atom is 0.173 e. The molecule has 0 saturated carbocycles. The van der Waals surface area contributed by atoms with Crippen molar-refractivity contribution in [3.8, 4) is 11.5 Å². The zero-order chi connectivity index (χ0) is 25.8. The Morgan fingerprint density at radius 3 is 2.32 bits per heavy atom. The Hall–Kier alpha value is -3.91. The minimum Gasteiger partial charge on any atom is -0.493 e. The average molecular weight is 499 g/mol. The summed E-state index contributed by atoms with van der Waals surface area (Å²) in [6.07, 6.45) is 0. The molecule has 8 heteroatoms. The number of piperazine rings is 1. The van der Waals surface area contributed by atoms with Gasteiger partial charge in [0.25, 0.3) is 0 Å². The minimum atomic E-state index is -0.126. The Morgan fingerprint density at radius 1 is 0.838 bits per heavy atom. The number of hydrogen-bond donors (Lipinski definition) is 0. The van der Waals surface area contributed by atoms with Gasteiger partial charge in [-0.15, -0.1) is 5.10 Å². The summed E-state index contributed by atoms with van der Waals surface area (Å²) in [5.74, 6) is 2.21. The van der Waals surface area contributed by atoms with Gasteiger partial charge in [0.1, 0.15) is 0 Å². The molecule has 5 rings (SSSR count). The van der Waals surface area contributed by atoms with Crippen molar-refractivity contribution in [2.24, 2.45) is 0 Å². The van der Waals surface area contributed by atoms with Crippen LogP contribution in [0.1, 0.15) is 34.1 Å². The quantitative estimate of drug-likeness (QED) is 0.359. The molecule has 1 saturated heterocycles. The number of aryl methyl sites for hydroxylation is 2. The highest BCUT2D eigenvalue weighted by Crippen LogP contribution is 2.35. The van der Waals surface area contributed by atoms with Crippen LogP contribution in [0.25, 0.3) is 0 Å². The Balaban J connectivity index is 1.47. The van der Waals surface area contributed by atoms with E-state index in [1.807, 2.05) is 35.0 Å². The van der Waals surface area contributed by atoms with E-state index in [0.717, 1.165) is 43.1 Å². The summed E-state index contributed by atoms with van der Waals surface area (Å²) < 4.78 is 13.1. The fourth-order valence-electron chi connectivity index (χ4n) is 5.10. The fraction of sp³-hybridized carbons (Fsp3) is 0.345. The summed E-state index contributed by atoms with van der Waals surface area (Å²) in [6, 6.07) is 22.9. The molecule has 1 aliphatic rings. The molecule has 8 nitrogen and oxygen atoms in total. The van der Waals surface area contributed by atoms with Gasteiger partial charge in [0.2, 0.25) is 0 Å². The lowest BCUT2D eigenvalue weighted by Crippen LogP contribution is -2.48. The van der Waals surface area contributed by atoms with E-state index < -0.39 is 0 Å². The Bertz CT molecular complexity index is 1330. The summed E-state index contributed by atoms with van der Waals surface area (Å²) in [5.41, 5.74) is 6.13. The molecule has 0 radical (unpaired) electrons. The number of aromatic nitrogens is 4. The van der Waals surface area contributed by atoms with E-state index >= 15 is 0 Å². The van der Waals surface area contributed by atoms with Crippen LogP contribution < -0.4 is 14.4 Å². The summed E-state index contributed by atoms with van der Waals surface area (Å²) in [5, 5.41) is 13.0. The van der Waals surface area contributed by atoms with E-state index in [9.17, 15) is 0 Å². The largest absolute Gasteiger partial charge is 0.493 e. The maximum atomic E-state index is 5.65. The van der Waals surface area contributed by atoms with Crippen LogP contribution in [0.5, 0.6) is 11.5 Å². The van der Waals surface area contributed by atoms with Crippen molar-refractivity contribution in [1.29, 1.82) is 0 Å². The van der Waals surface area contributed by atoms with E-state index in [4.69, 9.17) is 9.47 Å². The molecule has 0 unspecified atom stereocenters. The van der Waals surface area contributed by atoms with Crippen molar-refractivity contribution in [3.05, 3.63) is 94.8 Å². The second-order valence-corrected chi connectivity index (χ2v) is 9.51. The van der Waals surface area contributed by atoms with E-state index in [0.29, 0.717) is 18.0 Å². The molecule has 4 aromatic rings. The normalized spacial score (nSPS) is 15.0. The molecule has 1 fully saturated rings. The van der Waals surface area contributed by atoms with Gasteiger partial charge in [-0.2, -0.15) is 0 Å². The van der Waals surface area contributed by atoms with Gasteiger partial charge in [-0.3, -0.25) is 4.90 Å². The molecule has 192 valence electrons. The van der Waals surface area contributed by atoms with Gasteiger partial charge in [-0.25, -0.2) is 4.68 Å². The predicted molar refractivity (Wildman–Crippen MR) is 144 cm³/mol. The van der Waals surface area contributed by atoms with Crippen molar-refractivity contribution >= 4 is 5.69 Å². The lowest BCUT2D eigenvalue weighted by atomic mass is 10.0. The van der Waals surface area contributed by atoms with Crippen molar-refractivity contribution < 1.29 is 9.47 Å². The van der Waals surface area contributed by atoms with Crippen LogP contribution in [0.15, 0.2) is 66.7 Å². The van der Waals surface area contributed by atoms with Gasteiger partial charge >= 0.3 is 0 Å². The summed E-state index contributed by atoms with van der Waals surface area (Å²) in [7, 11) is 3.32. The Labute approximate surface area is 218 Å². The van der Waals surface area contributed by atoms with Crippen molar-refractivity contribution in [1.82, 2.24) is 25.1 Å². The van der Waals surface area contributed by atoms with Gasteiger partial charge < -0.3 is 14.4 Å². The predicted octanol–water partition coefficient (Wildman–Crippen LogP) is 4.27. The first kappa shape index (κ1) is 24.8. The first-order valence-corrected chi connectivity index (χ1v) is 12.7. The fourth-order valence-corrected chi connectivity index (χ4v) is 5.10. The number of benzene rings is 3. The second kappa shape index (κ2) is 11.0. The van der Waals surface area contributed by atoms with Crippen LogP contribution in [-0.2, 0) is 6.54 Å². The lowest BCUT2D eigenvalue weighted by Gasteiger charge is -2.40. The second-order valence-electron chi connectivity index (χ2n) is 9.51. The zero-order valence-electron chi connectivity index (χ0n) is 22.0. The first-order valence-electron chi connectivity index (χ1n) is 12.7. The van der Waals surface area contributed by atoms with Crippen molar-refractivity contribution in [2.75, 3.05) is 45.3 Å². The standard InChI is InChI=1S/C29H34N6O2/c1-21-10-11-22(2)25(18-21)33-14-16-34(17-15-33)28(24-12-13-26(36-3)27(19-24)37-4)29-30-31-32-35(29)20-23-8-6-5-7-9-23/h5-13,18-19,28H,14-17,20H2,1-4H3/t28-/m1/s1. The van der Waals surface area contributed by atoms with Gasteiger partial charge in [-0.05, 0) is 64.7 Å². The van der Waals surface area contributed by atoms with Crippen LogP contribution in [-0.4, -0.2) is 65.5 Å². The number of ether oxygens (including phenoxy) is 2. The van der Waals surface area contributed by atoms with Crippen molar-refractivity contribution in [2.45, 2.75) is 26.4 Å². The van der Waals surface area contributed by atoms with Crippen LogP contribution in [0, 0.1) is 13.8 Å². The van der Waals surface area contributed by atoms with Crippen LogP contribution in [0.3, 0.4) is 0 Å². The van der Waals surface area contributed by atoms with Crippen LogP contribution in [0.2, 0.25) is 0 Å². The van der Waals surface area contributed by atoms with Crippen molar-refractivity contribution in [3.63, 3.8) is 0 Å². The molecule has 37 heavy (non-hydrogen) atoms. The summed E-state index contributed by atoms with van der Waals surface area (Å²) >= 11 is 0. The molecular weight excluding hydrogens is 464 g/mol. The summed E-state index contributed by atoms with van der Waals surface area (Å²) in [6.45, 7) is 8.55. The monoisotopic (exact) mass is 498 g/mol. The van der Waals surface area contributed by atoms with Crippen LogP contribution in [0.4, 0.5) is 5.69 Å². The van der Waals surface area contributed by atoms with Gasteiger partial charge in [0.15, 0.2) is 17.3 Å². The highest BCUT2D eigenvalue weighted by molar-refractivity contribution is 5.55. The Morgan fingerprint density at radius 2 is 1.59 bits per heavy atom. The molecule has 0 amide bonds. The summed E-state index contributed by atoms with van der Waals surface area (Å²) in [4.78, 5) is 4.95. The molecule has 1 aliphatic heterocycles. The van der Waals surface area contributed by atoms with E-state index in [1.165, 1.54) is 16.8 Å².